The van der Waals surface area contributed by atoms with Crippen LogP contribution >= 0.6 is 0 Å². The molecular formula is C26H26O4. The minimum Gasteiger partial charge on any atom is -0.489 e. The molecule has 0 amide bonds. The molecule has 2 aliphatic heterocycles. The first-order valence-electron chi connectivity index (χ1n) is 10.0. The summed E-state index contributed by atoms with van der Waals surface area (Å²) in [5.41, 5.74) is 3.70. The lowest BCUT2D eigenvalue weighted by molar-refractivity contribution is 0.158. The Bertz CT molecular complexity index is 1040. The molecular weight excluding hydrogens is 376 g/mol. The van der Waals surface area contributed by atoms with E-state index in [-0.39, 0.29) is 5.60 Å². The average Bonchev–Trinajstić information content (AvgIpc) is 2.75. The zero-order valence-electron chi connectivity index (χ0n) is 17.4. The maximum Gasteiger partial charge on any atom is 0.137 e. The average molecular weight is 402 g/mol. The summed E-state index contributed by atoms with van der Waals surface area (Å²) in [5, 5.41) is 0. The number of rotatable bonds is 7. The van der Waals surface area contributed by atoms with E-state index in [2.05, 4.69) is 31.4 Å². The summed E-state index contributed by atoms with van der Waals surface area (Å²) < 4.78 is 23.8. The molecule has 0 spiro atoms. The molecule has 0 bridgehead atoms. The molecule has 30 heavy (non-hydrogen) atoms. The summed E-state index contributed by atoms with van der Waals surface area (Å²) in [4.78, 5) is 0. The molecule has 4 nitrogen and oxygen atoms in total. The minimum absolute atomic E-state index is 0.316. The van der Waals surface area contributed by atoms with Crippen LogP contribution in [0.3, 0.4) is 0 Å². The number of fused-ring (bicyclic) bond motifs is 3. The molecule has 2 aromatic rings. The van der Waals surface area contributed by atoms with Crippen LogP contribution in [0.15, 0.2) is 61.7 Å². The van der Waals surface area contributed by atoms with Gasteiger partial charge >= 0.3 is 0 Å². The van der Waals surface area contributed by atoms with E-state index in [1.54, 1.807) is 12.2 Å². The molecule has 0 aromatic heterocycles. The maximum atomic E-state index is 6.19. The standard InChI is InChI=1S/C26H26O4/c1-5-13-27-20-8-9-21(24(16-20)28-14-6-2)19-15-18-7-10-23-22(25(18)29-17-19)11-12-26(3,4)30-23/h5-12,15-16H,1-2,13-14,17H2,3-4H3. The molecule has 2 heterocycles. The zero-order valence-corrected chi connectivity index (χ0v) is 17.4. The second-order valence-electron chi connectivity index (χ2n) is 7.75. The van der Waals surface area contributed by atoms with Gasteiger partial charge in [-0.1, -0.05) is 25.3 Å². The molecule has 4 rings (SSSR count). The summed E-state index contributed by atoms with van der Waals surface area (Å²) in [6.07, 6.45) is 9.73. The normalized spacial score (nSPS) is 15.6. The van der Waals surface area contributed by atoms with Crippen molar-refractivity contribution in [2.24, 2.45) is 0 Å². The van der Waals surface area contributed by atoms with Crippen molar-refractivity contribution in [3.8, 4) is 23.0 Å². The van der Waals surface area contributed by atoms with Crippen molar-refractivity contribution in [2.75, 3.05) is 19.8 Å². The fourth-order valence-electron chi connectivity index (χ4n) is 3.54. The van der Waals surface area contributed by atoms with Crippen LogP contribution in [0.5, 0.6) is 23.0 Å². The largest absolute Gasteiger partial charge is 0.489 e. The van der Waals surface area contributed by atoms with Crippen molar-refractivity contribution in [2.45, 2.75) is 19.4 Å². The molecule has 0 saturated carbocycles. The monoisotopic (exact) mass is 402 g/mol. The van der Waals surface area contributed by atoms with Crippen LogP contribution < -0.4 is 18.9 Å². The van der Waals surface area contributed by atoms with E-state index in [0.717, 1.165) is 45.3 Å². The van der Waals surface area contributed by atoms with Gasteiger partial charge in [0.15, 0.2) is 0 Å². The second-order valence-corrected chi connectivity index (χ2v) is 7.75. The fourth-order valence-corrected chi connectivity index (χ4v) is 3.54. The Morgan fingerprint density at radius 2 is 1.87 bits per heavy atom. The fraction of sp³-hybridized carbons (Fsp3) is 0.231. The van der Waals surface area contributed by atoms with Gasteiger partial charge in [-0.05, 0) is 56.3 Å². The highest BCUT2D eigenvalue weighted by atomic mass is 16.5. The third-order valence-corrected chi connectivity index (χ3v) is 4.94. The molecule has 0 N–H and O–H groups in total. The van der Waals surface area contributed by atoms with Gasteiger partial charge in [-0.2, -0.15) is 0 Å². The van der Waals surface area contributed by atoms with Gasteiger partial charge in [-0.15, -0.1) is 0 Å². The SMILES string of the molecule is C=CCOc1ccc(C2=Cc3ccc4c(c3OC2)C=CC(C)(C)O4)c(OCC=C)c1. The summed E-state index contributed by atoms with van der Waals surface area (Å²) in [6, 6.07) is 9.87. The van der Waals surface area contributed by atoms with Gasteiger partial charge in [0.2, 0.25) is 0 Å². The quantitative estimate of drug-likeness (QED) is 0.538. The highest BCUT2D eigenvalue weighted by molar-refractivity contribution is 5.90. The van der Waals surface area contributed by atoms with Gasteiger partial charge < -0.3 is 18.9 Å². The van der Waals surface area contributed by atoms with E-state index in [4.69, 9.17) is 18.9 Å². The van der Waals surface area contributed by atoms with Crippen LogP contribution in [0.2, 0.25) is 0 Å². The highest BCUT2D eigenvalue weighted by Gasteiger charge is 2.27. The van der Waals surface area contributed by atoms with Crippen molar-refractivity contribution >= 4 is 17.7 Å². The number of hydrogen-bond donors (Lipinski definition) is 0. The predicted molar refractivity (Wildman–Crippen MR) is 121 cm³/mol. The van der Waals surface area contributed by atoms with E-state index >= 15 is 0 Å². The van der Waals surface area contributed by atoms with Gasteiger partial charge in [-0.3, -0.25) is 0 Å². The van der Waals surface area contributed by atoms with E-state index in [1.807, 2.05) is 44.2 Å². The third kappa shape index (κ3) is 3.99. The van der Waals surface area contributed by atoms with Gasteiger partial charge in [0.1, 0.15) is 48.4 Å². The van der Waals surface area contributed by atoms with E-state index < -0.39 is 0 Å². The van der Waals surface area contributed by atoms with Crippen molar-refractivity contribution in [1.82, 2.24) is 0 Å². The van der Waals surface area contributed by atoms with Crippen LogP contribution in [0.25, 0.3) is 17.7 Å². The zero-order chi connectivity index (χ0) is 21.1. The number of hydrogen-bond acceptors (Lipinski definition) is 4. The van der Waals surface area contributed by atoms with Crippen LogP contribution in [-0.2, 0) is 0 Å². The Labute approximate surface area is 177 Å². The Kier molecular flexibility index (Phi) is 5.40. The first kappa shape index (κ1) is 19.9. The molecule has 2 aliphatic rings. The van der Waals surface area contributed by atoms with E-state index in [0.29, 0.717) is 19.8 Å². The van der Waals surface area contributed by atoms with E-state index in [1.165, 1.54) is 0 Å². The van der Waals surface area contributed by atoms with Gasteiger partial charge in [0, 0.05) is 22.8 Å². The smallest absolute Gasteiger partial charge is 0.137 e. The maximum absolute atomic E-state index is 6.19. The Balaban J connectivity index is 1.70. The summed E-state index contributed by atoms with van der Waals surface area (Å²) in [5.74, 6) is 3.16. The van der Waals surface area contributed by atoms with Crippen molar-refractivity contribution in [3.05, 3.63) is 78.4 Å². The van der Waals surface area contributed by atoms with Crippen LogP contribution in [0.1, 0.15) is 30.5 Å². The van der Waals surface area contributed by atoms with Crippen LogP contribution in [0.4, 0.5) is 0 Å². The van der Waals surface area contributed by atoms with Crippen molar-refractivity contribution in [3.63, 3.8) is 0 Å². The van der Waals surface area contributed by atoms with Crippen LogP contribution in [-0.4, -0.2) is 25.4 Å². The minimum atomic E-state index is -0.316. The summed E-state index contributed by atoms with van der Waals surface area (Å²) in [6.45, 7) is 12.8. The molecule has 4 heteroatoms. The first-order valence-corrected chi connectivity index (χ1v) is 10.0. The topological polar surface area (TPSA) is 36.9 Å². The van der Waals surface area contributed by atoms with Gasteiger partial charge in [0.05, 0.1) is 5.56 Å². The van der Waals surface area contributed by atoms with Gasteiger partial charge in [-0.25, -0.2) is 0 Å². The van der Waals surface area contributed by atoms with E-state index in [9.17, 15) is 0 Å². The summed E-state index contributed by atoms with van der Waals surface area (Å²) in [7, 11) is 0. The molecule has 0 radical (unpaired) electrons. The predicted octanol–water partition coefficient (Wildman–Crippen LogP) is 5.93. The lowest BCUT2D eigenvalue weighted by atomic mass is 9.95. The molecule has 2 aromatic carbocycles. The number of benzene rings is 2. The van der Waals surface area contributed by atoms with Crippen molar-refractivity contribution < 1.29 is 18.9 Å². The molecule has 0 saturated heterocycles. The highest BCUT2D eigenvalue weighted by Crippen LogP contribution is 2.43. The molecule has 0 unspecified atom stereocenters. The van der Waals surface area contributed by atoms with Crippen molar-refractivity contribution in [1.29, 1.82) is 0 Å². The molecule has 0 fully saturated rings. The molecule has 154 valence electrons. The third-order valence-electron chi connectivity index (χ3n) is 4.94. The first-order chi connectivity index (χ1) is 14.5. The van der Waals surface area contributed by atoms with Crippen LogP contribution in [0, 0.1) is 0 Å². The van der Waals surface area contributed by atoms with Gasteiger partial charge in [0.25, 0.3) is 0 Å². The molecule has 0 atom stereocenters. The number of ether oxygens (including phenoxy) is 4. The second kappa shape index (κ2) is 8.15. The Morgan fingerprint density at radius 3 is 2.67 bits per heavy atom. The lowest BCUT2D eigenvalue weighted by Gasteiger charge is -2.30. The Hall–Kier alpha value is -3.40. The lowest BCUT2D eigenvalue weighted by Crippen LogP contribution is -2.27. The molecule has 0 aliphatic carbocycles. The summed E-state index contributed by atoms with van der Waals surface area (Å²) >= 11 is 0. The Morgan fingerprint density at radius 1 is 1.07 bits per heavy atom.